The van der Waals surface area contributed by atoms with Gasteiger partial charge in [-0.25, -0.2) is 0 Å². The average Bonchev–Trinajstić information content (AvgIpc) is 1.95. The molecule has 0 saturated carbocycles. The summed E-state index contributed by atoms with van der Waals surface area (Å²) in [6.45, 7) is 0. The number of alkyl halides is 12. The molecule has 0 radical (unpaired) electrons. The van der Waals surface area contributed by atoms with Gasteiger partial charge in [0.15, 0.2) is 0 Å². The molecule has 0 nitrogen and oxygen atoms in total. The van der Waals surface area contributed by atoms with Gasteiger partial charge in [0, 0.05) is 0 Å². The summed E-state index contributed by atoms with van der Waals surface area (Å²) in [6.07, 6.45) is -20.6. The summed E-state index contributed by atoms with van der Waals surface area (Å²) in [5, 5.41) is 0. The lowest BCUT2D eigenvalue weighted by atomic mass is 9.99. The first-order valence-electron chi connectivity index (χ1n) is 3.27. The molecule has 17 heavy (non-hydrogen) atoms. The molecule has 12 heteroatoms. The third-order valence-electron chi connectivity index (χ3n) is 1.57. The van der Waals surface area contributed by atoms with Crippen LogP contribution in [0.5, 0.6) is 0 Å². The SMILES string of the molecule is FC(F)(F)C(F)(F)C(I)(C(F)(F)F)C(F)(F)F. The van der Waals surface area contributed by atoms with Gasteiger partial charge in [-0.2, -0.15) is 48.3 Å². The average molecular weight is 396 g/mol. The highest BCUT2D eigenvalue weighted by Crippen LogP contribution is 2.61. The van der Waals surface area contributed by atoms with E-state index in [2.05, 4.69) is 0 Å². The molecule has 0 aromatic heterocycles. The van der Waals surface area contributed by atoms with E-state index in [0.717, 1.165) is 0 Å². The van der Waals surface area contributed by atoms with Gasteiger partial charge in [0.25, 0.3) is 3.42 Å². The van der Waals surface area contributed by atoms with E-state index in [-0.39, 0.29) is 0 Å². The fourth-order valence-electron chi connectivity index (χ4n) is 0.712. The van der Waals surface area contributed by atoms with Crippen LogP contribution in [0, 0.1) is 0 Å². The number of hydrogen-bond donors (Lipinski definition) is 0. The second-order valence-corrected chi connectivity index (χ2v) is 4.34. The van der Waals surface area contributed by atoms with Crippen LogP contribution >= 0.6 is 22.6 Å². The lowest BCUT2D eigenvalue weighted by Gasteiger charge is -2.38. The van der Waals surface area contributed by atoms with Gasteiger partial charge in [-0.3, -0.25) is 0 Å². The van der Waals surface area contributed by atoms with E-state index in [1.54, 1.807) is 0 Å². The Kier molecular flexibility index (Phi) is 3.97. The number of hydrogen-bond acceptors (Lipinski definition) is 0. The summed E-state index contributed by atoms with van der Waals surface area (Å²) in [5.41, 5.74) is 0. The van der Waals surface area contributed by atoms with Crippen molar-refractivity contribution in [1.82, 2.24) is 0 Å². The maximum absolute atomic E-state index is 12.4. The summed E-state index contributed by atoms with van der Waals surface area (Å²) in [7, 11) is 0. The maximum Gasteiger partial charge on any atom is 0.455 e. The molecule has 0 aliphatic heterocycles. The van der Waals surface area contributed by atoms with Crippen LogP contribution in [0.1, 0.15) is 0 Å². The molecule has 0 bridgehead atoms. The quantitative estimate of drug-likeness (QED) is 0.349. The monoisotopic (exact) mass is 396 g/mol. The molecule has 0 saturated heterocycles. The summed E-state index contributed by atoms with van der Waals surface area (Å²) < 4.78 is 125. The van der Waals surface area contributed by atoms with Gasteiger partial charge in [0.1, 0.15) is 0 Å². The summed E-state index contributed by atoms with van der Waals surface area (Å²) in [5.74, 6) is -7.00. The molecule has 0 atom stereocenters. The normalized spacial score (nSPS) is 16.2. The Morgan fingerprint density at radius 1 is 0.471 bits per heavy atom. The fraction of sp³-hybridized carbons (Fsp3) is 1.00. The smallest absolute Gasteiger partial charge is 0.194 e. The molecule has 0 aromatic carbocycles. The van der Waals surface area contributed by atoms with E-state index >= 15 is 0 Å². The van der Waals surface area contributed by atoms with Gasteiger partial charge >= 0.3 is 24.5 Å². The minimum Gasteiger partial charge on any atom is -0.194 e. The van der Waals surface area contributed by atoms with Crippen LogP contribution in [0.25, 0.3) is 0 Å². The Bertz CT molecular complexity index is 266. The van der Waals surface area contributed by atoms with Crippen LogP contribution in [0.2, 0.25) is 0 Å². The van der Waals surface area contributed by atoms with E-state index in [1.807, 2.05) is 0 Å². The van der Waals surface area contributed by atoms with Gasteiger partial charge < -0.3 is 0 Å². The zero-order valence-electron chi connectivity index (χ0n) is 7.04. The van der Waals surface area contributed by atoms with Crippen LogP contribution in [0.3, 0.4) is 0 Å². The second-order valence-electron chi connectivity index (χ2n) is 2.73. The highest BCUT2D eigenvalue weighted by atomic mass is 127. The lowest BCUT2D eigenvalue weighted by molar-refractivity contribution is -0.374. The minimum atomic E-state index is -7.00. The van der Waals surface area contributed by atoms with E-state index < -0.39 is 50.5 Å². The predicted molar refractivity (Wildman–Crippen MR) is 39.9 cm³/mol. The van der Waals surface area contributed by atoms with E-state index in [9.17, 15) is 48.3 Å². The first-order chi connectivity index (χ1) is 7.00. The summed E-state index contributed by atoms with van der Waals surface area (Å²) in [4.78, 5) is 0. The van der Waals surface area contributed by atoms with Gasteiger partial charge in [0.2, 0.25) is 0 Å². The summed E-state index contributed by atoms with van der Waals surface area (Å²) >= 11 is -0.964. The van der Waals surface area contributed by atoms with Crippen molar-refractivity contribution in [2.45, 2.75) is 27.9 Å². The van der Waals surface area contributed by atoms with Crippen LogP contribution < -0.4 is 0 Å². The van der Waals surface area contributed by atoms with Crippen molar-refractivity contribution in [2.24, 2.45) is 0 Å². The van der Waals surface area contributed by atoms with Crippen molar-refractivity contribution in [1.29, 1.82) is 0 Å². The zero-order chi connectivity index (χ0) is 14.5. The molecule has 0 N–H and O–H groups in total. The van der Waals surface area contributed by atoms with Crippen molar-refractivity contribution >= 4 is 22.6 Å². The standard InChI is InChI=1S/C5F11I/c6-2(7,5(14,15)16)1(17,3(8,9)10)4(11,12)13. The van der Waals surface area contributed by atoms with E-state index in [1.165, 1.54) is 0 Å². The van der Waals surface area contributed by atoms with Crippen molar-refractivity contribution in [2.75, 3.05) is 0 Å². The Morgan fingerprint density at radius 3 is 0.765 bits per heavy atom. The third kappa shape index (κ3) is 2.41. The molecular weight excluding hydrogens is 396 g/mol. The van der Waals surface area contributed by atoms with Crippen LogP contribution in [-0.2, 0) is 0 Å². The largest absolute Gasteiger partial charge is 0.455 e. The van der Waals surface area contributed by atoms with Crippen molar-refractivity contribution in [3.05, 3.63) is 0 Å². The number of rotatable bonds is 1. The molecular formula is C5F11I. The molecule has 0 spiro atoms. The fourth-order valence-corrected chi connectivity index (χ4v) is 1.02. The van der Waals surface area contributed by atoms with Crippen LogP contribution in [0.15, 0.2) is 0 Å². The van der Waals surface area contributed by atoms with Gasteiger partial charge in [-0.15, -0.1) is 0 Å². The molecule has 104 valence electrons. The van der Waals surface area contributed by atoms with Gasteiger partial charge in [-0.1, -0.05) is 22.6 Å². The van der Waals surface area contributed by atoms with E-state index in [0.29, 0.717) is 0 Å². The Balaban J connectivity index is 6.04. The Hall–Kier alpha value is -0.0400. The summed E-state index contributed by atoms with van der Waals surface area (Å²) in [6, 6.07) is 0. The van der Waals surface area contributed by atoms with Crippen LogP contribution in [0.4, 0.5) is 48.3 Å². The topological polar surface area (TPSA) is 0 Å². The Labute approximate surface area is 99.3 Å². The first kappa shape index (κ1) is 17.0. The van der Waals surface area contributed by atoms with Gasteiger partial charge in [0.05, 0.1) is 0 Å². The predicted octanol–water partition coefficient (Wildman–Crippen LogP) is 4.48. The van der Waals surface area contributed by atoms with E-state index in [4.69, 9.17) is 0 Å². The maximum atomic E-state index is 12.4. The zero-order valence-corrected chi connectivity index (χ0v) is 9.19. The molecule has 0 rings (SSSR count). The molecule has 0 heterocycles. The number of halogens is 12. The third-order valence-corrected chi connectivity index (χ3v) is 3.47. The minimum absolute atomic E-state index is 0.964. The Morgan fingerprint density at radius 2 is 0.706 bits per heavy atom. The van der Waals surface area contributed by atoms with Gasteiger partial charge in [-0.05, 0) is 0 Å². The van der Waals surface area contributed by atoms with Crippen molar-refractivity contribution in [3.63, 3.8) is 0 Å². The molecule has 0 amide bonds. The highest BCUT2D eigenvalue weighted by Gasteiger charge is 2.88. The van der Waals surface area contributed by atoms with Crippen LogP contribution in [-0.4, -0.2) is 27.9 Å². The molecule has 0 aliphatic carbocycles. The second kappa shape index (κ2) is 3.98. The molecule has 0 unspecified atom stereocenters. The first-order valence-corrected chi connectivity index (χ1v) is 4.35. The highest BCUT2D eigenvalue weighted by molar-refractivity contribution is 14.1. The molecule has 0 aromatic rings. The lowest BCUT2D eigenvalue weighted by Crippen LogP contribution is -2.68. The van der Waals surface area contributed by atoms with Crippen molar-refractivity contribution in [3.8, 4) is 0 Å². The molecule has 0 aliphatic rings. The molecule has 0 fully saturated rings. The van der Waals surface area contributed by atoms with Crippen molar-refractivity contribution < 1.29 is 48.3 Å².